The van der Waals surface area contributed by atoms with Crippen molar-refractivity contribution in [2.75, 3.05) is 6.54 Å². The number of benzene rings is 1. The molecule has 6 heteroatoms. The molecule has 6 nitrogen and oxygen atoms in total. The molecule has 0 spiro atoms. The van der Waals surface area contributed by atoms with E-state index in [1.54, 1.807) is 16.8 Å². The average molecular weight is 260 g/mol. The Morgan fingerprint density at radius 2 is 2.05 bits per heavy atom. The number of rotatable bonds is 6. The fourth-order valence-electron chi connectivity index (χ4n) is 1.78. The summed E-state index contributed by atoms with van der Waals surface area (Å²) in [5, 5.41) is 18.1. The first-order valence-electron chi connectivity index (χ1n) is 6.08. The minimum absolute atomic E-state index is 0.122. The van der Waals surface area contributed by atoms with Crippen molar-refractivity contribution >= 4 is 5.69 Å². The monoisotopic (exact) mass is 260 g/mol. The summed E-state index contributed by atoms with van der Waals surface area (Å²) in [6, 6.07) is 8.58. The number of nitrogens with zero attached hydrogens (tertiary/aromatic N) is 3. The molecule has 1 aromatic heterocycles. The molecule has 1 aromatic carbocycles. The van der Waals surface area contributed by atoms with Gasteiger partial charge in [-0.3, -0.25) is 14.8 Å². The van der Waals surface area contributed by atoms with Crippen LogP contribution in [-0.4, -0.2) is 21.2 Å². The van der Waals surface area contributed by atoms with E-state index in [0.717, 1.165) is 24.2 Å². The second-order valence-corrected chi connectivity index (χ2v) is 4.33. The Balaban J connectivity index is 1.75. The molecule has 0 amide bonds. The van der Waals surface area contributed by atoms with E-state index in [2.05, 4.69) is 10.4 Å². The lowest BCUT2D eigenvalue weighted by atomic mass is 10.2. The third kappa shape index (κ3) is 3.89. The molecule has 1 N–H and O–H groups in total. The van der Waals surface area contributed by atoms with E-state index in [4.69, 9.17) is 0 Å². The predicted octanol–water partition coefficient (Wildman–Crippen LogP) is 1.66. The van der Waals surface area contributed by atoms with E-state index in [1.165, 1.54) is 12.1 Å². The van der Waals surface area contributed by atoms with Crippen LogP contribution in [0.2, 0.25) is 0 Å². The normalized spacial score (nSPS) is 10.6. The van der Waals surface area contributed by atoms with Crippen LogP contribution in [0.25, 0.3) is 0 Å². The topological polar surface area (TPSA) is 73.0 Å². The summed E-state index contributed by atoms with van der Waals surface area (Å²) in [6.07, 6.45) is 2.79. The zero-order valence-corrected chi connectivity index (χ0v) is 10.7. The van der Waals surface area contributed by atoms with Gasteiger partial charge >= 0.3 is 0 Å². The number of nitro groups is 1. The Bertz CT molecular complexity index is 548. The van der Waals surface area contributed by atoms with Crippen molar-refractivity contribution in [2.45, 2.75) is 13.0 Å². The lowest BCUT2D eigenvalue weighted by Gasteiger charge is -2.03. The van der Waals surface area contributed by atoms with Crippen molar-refractivity contribution in [3.8, 4) is 0 Å². The van der Waals surface area contributed by atoms with E-state index in [9.17, 15) is 10.1 Å². The van der Waals surface area contributed by atoms with Gasteiger partial charge in [0.25, 0.3) is 5.69 Å². The van der Waals surface area contributed by atoms with Crippen molar-refractivity contribution in [3.05, 3.63) is 57.9 Å². The van der Waals surface area contributed by atoms with Gasteiger partial charge < -0.3 is 5.32 Å². The van der Waals surface area contributed by atoms with E-state index < -0.39 is 4.92 Å². The van der Waals surface area contributed by atoms with Crippen LogP contribution in [0, 0.1) is 10.1 Å². The van der Waals surface area contributed by atoms with Crippen molar-refractivity contribution in [2.24, 2.45) is 7.05 Å². The SMILES string of the molecule is Cn1ccc(CCNCc2ccc([N+](=O)[O-])cc2)n1. The summed E-state index contributed by atoms with van der Waals surface area (Å²) < 4.78 is 1.78. The number of non-ortho nitro benzene ring substituents is 1. The van der Waals surface area contributed by atoms with Gasteiger partial charge in [-0.25, -0.2) is 0 Å². The van der Waals surface area contributed by atoms with Gasteiger partial charge in [0.1, 0.15) is 0 Å². The van der Waals surface area contributed by atoms with Gasteiger partial charge in [0.05, 0.1) is 10.6 Å². The lowest BCUT2D eigenvalue weighted by Crippen LogP contribution is -2.16. The fourth-order valence-corrected chi connectivity index (χ4v) is 1.78. The molecule has 19 heavy (non-hydrogen) atoms. The Kier molecular flexibility index (Phi) is 4.25. The highest BCUT2D eigenvalue weighted by Gasteiger charge is 2.03. The molecule has 0 radical (unpaired) electrons. The van der Waals surface area contributed by atoms with Gasteiger partial charge in [0.15, 0.2) is 0 Å². The molecule has 0 aliphatic rings. The molecule has 0 unspecified atom stereocenters. The lowest BCUT2D eigenvalue weighted by molar-refractivity contribution is -0.384. The molecular formula is C13H16N4O2. The Hall–Kier alpha value is -2.21. The predicted molar refractivity (Wildman–Crippen MR) is 71.7 cm³/mol. The molecule has 100 valence electrons. The summed E-state index contributed by atoms with van der Waals surface area (Å²) in [7, 11) is 1.90. The van der Waals surface area contributed by atoms with Crippen LogP contribution in [0.5, 0.6) is 0 Å². The second-order valence-electron chi connectivity index (χ2n) is 4.33. The number of nitrogens with one attached hydrogen (secondary N) is 1. The third-order valence-corrected chi connectivity index (χ3v) is 2.80. The van der Waals surface area contributed by atoms with Crippen LogP contribution >= 0.6 is 0 Å². The zero-order valence-electron chi connectivity index (χ0n) is 10.7. The van der Waals surface area contributed by atoms with Crippen LogP contribution in [0.1, 0.15) is 11.3 Å². The van der Waals surface area contributed by atoms with E-state index >= 15 is 0 Å². The first kappa shape index (κ1) is 13.2. The number of aryl methyl sites for hydroxylation is 1. The van der Waals surface area contributed by atoms with Gasteiger partial charge in [0, 0.05) is 44.9 Å². The summed E-state index contributed by atoms with van der Waals surface area (Å²) in [5.41, 5.74) is 2.21. The second kappa shape index (κ2) is 6.10. The Morgan fingerprint density at radius 1 is 1.32 bits per heavy atom. The fraction of sp³-hybridized carbons (Fsp3) is 0.308. The van der Waals surface area contributed by atoms with E-state index in [1.807, 2.05) is 19.3 Å². The third-order valence-electron chi connectivity index (χ3n) is 2.80. The van der Waals surface area contributed by atoms with Gasteiger partial charge in [-0.05, 0) is 11.6 Å². The Labute approximate surface area is 111 Å². The highest BCUT2D eigenvalue weighted by atomic mass is 16.6. The zero-order chi connectivity index (χ0) is 13.7. The van der Waals surface area contributed by atoms with Crippen LogP contribution in [-0.2, 0) is 20.0 Å². The number of nitro benzene ring substituents is 1. The van der Waals surface area contributed by atoms with E-state index in [-0.39, 0.29) is 5.69 Å². The molecule has 1 heterocycles. The van der Waals surface area contributed by atoms with Crippen LogP contribution in [0.4, 0.5) is 5.69 Å². The molecule has 0 fully saturated rings. The maximum atomic E-state index is 10.5. The van der Waals surface area contributed by atoms with Gasteiger partial charge in [-0.2, -0.15) is 5.10 Å². The van der Waals surface area contributed by atoms with Crippen LogP contribution in [0.3, 0.4) is 0 Å². The van der Waals surface area contributed by atoms with Gasteiger partial charge in [-0.1, -0.05) is 12.1 Å². The molecule has 0 saturated carbocycles. The summed E-state index contributed by atoms with van der Waals surface area (Å²) in [4.78, 5) is 10.1. The first-order chi connectivity index (χ1) is 9.15. The minimum atomic E-state index is -0.391. The minimum Gasteiger partial charge on any atom is -0.312 e. The molecule has 0 aliphatic carbocycles. The van der Waals surface area contributed by atoms with Crippen molar-refractivity contribution in [3.63, 3.8) is 0 Å². The quantitative estimate of drug-likeness (QED) is 0.487. The van der Waals surface area contributed by atoms with Crippen molar-refractivity contribution in [1.29, 1.82) is 0 Å². The van der Waals surface area contributed by atoms with Gasteiger partial charge in [0.2, 0.25) is 0 Å². The Morgan fingerprint density at radius 3 is 2.63 bits per heavy atom. The first-order valence-corrected chi connectivity index (χ1v) is 6.08. The molecule has 2 rings (SSSR count). The smallest absolute Gasteiger partial charge is 0.269 e. The molecule has 0 aliphatic heterocycles. The van der Waals surface area contributed by atoms with Crippen molar-refractivity contribution < 1.29 is 4.92 Å². The van der Waals surface area contributed by atoms with Crippen molar-refractivity contribution in [1.82, 2.24) is 15.1 Å². The molecule has 0 atom stereocenters. The number of hydrogen-bond acceptors (Lipinski definition) is 4. The largest absolute Gasteiger partial charge is 0.312 e. The van der Waals surface area contributed by atoms with Crippen LogP contribution in [0.15, 0.2) is 36.5 Å². The highest BCUT2D eigenvalue weighted by Crippen LogP contribution is 2.11. The molecular weight excluding hydrogens is 244 g/mol. The summed E-state index contributed by atoms with van der Waals surface area (Å²) >= 11 is 0. The maximum Gasteiger partial charge on any atom is 0.269 e. The standard InChI is InChI=1S/C13H16N4O2/c1-16-9-7-12(15-16)6-8-14-10-11-2-4-13(5-3-11)17(18)19/h2-5,7,9,14H,6,8,10H2,1H3. The average Bonchev–Trinajstić information content (AvgIpc) is 2.81. The summed E-state index contributed by atoms with van der Waals surface area (Å²) in [6.45, 7) is 1.53. The molecule has 0 bridgehead atoms. The summed E-state index contributed by atoms with van der Waals surface area (Å²) in [5.74, 6) is 0. The molecule has 2 aromatic rings. The van der Waals surface area contributed by atoms with E-state index in [0.29, 0.717) is 6.54 Å². The van der Waals surface area contributed by atoms with Gasteiger partial charge in [-0.15, -0.1) is 0 Å². The molecule has 0 saturated heterocycles. The maximum absolute atomic E-state index is 10.5. The highest BCUT2D eigenvalue weighted by molar-refractivity contribution is 5.32. The number of aromatic nitrogens is 2. The number of hydrogen-bond donors (Lipinski definition) is 1. The van der Waals surface area contributed by atoms with Crippen LogP contribution < -0.4 is 5.32 Å².